The van der Waals surface area contributed by atoms with Gasteiger partial charge in [-0.15, -0.1) is 0 Å². The Hall–Kier alpha value is -4.91. The van der Waals surface area contributed by atoms with Gasteiger partial charge in [0.15, 0.2) is 11.5 Å². The molecule has 2 aliphatic heterocycles. The lowest BCUT2D eigenvalue weighted by atomic mass is 9.86. The molecular weight excluding hydrogens is 630 g/mol. The van der Waals surface area contributed by atoms with E-state index in [1.54, 1.807) is 19.0 Å². The molecule has 0 spiro atoms. The molecule has 264 valence electrons. The van der Waals surface area contributed by atoms with Crippen molar-refractivity contribution in [3.63, 3.8) is 0 Å². The van der Waals surface area contributed by atoms with Crippen molar-refractivity contribution in [1.29, 1.82) is 0 Å². The van der Waals surface area contributed by atoms with Gasteiger partial charge in [0.05, 0.1) is 6.33 Å². The highest BCUT2D eigenvalue weighted by molar-refractivity contribution is 5.87. The molecule has 1 aromatic carbocycles. The van der Waals surface area contributed by atoms with Crippen LogP contribution in [0.4, 0.5) is 17.5 Å². The van der Waals surface area contributed by atoms with E-state index in [1.807, 2.05) is 37.6 Å². The van der Waals surface area contributed by atoms with Crippen molar-refractivity contribution in [3.8, 4) is 11.8 Å². The summed E-state index contributed by atoms with van der Waals surface area (Å²) < 4.78 is 13.8. The maximum absolute atomic E-state index is 6.10. The molecule has 2 saturated heterocycles. The Bertz CT molecular complexity index is 1890. The Morgan fingerprint density at radius 1 is 0.780 bits per heavy atom. The van der Waals surface area contributed by atoms with Crippen LogP contribution in [0, 0.1) is 20.8 Å². The highest BCUT2D eigenvalue weighted by Crippen LogP contribution is 2.32. The first-order valence-corrected chi connectivity index (χ1v) is 17.5. The molecule has 2 aliphatic rings. The molecule has 4 aromatic heterocycles. The maximum atomic E-state index is 6.10. The van der Waals surface area contributed by atoms with Crippen LogP contribution in [0.1, 0.15) is 69.0 Å². The lowest BCUT2D eigenvalue weighted by Crippen LogP contribution is -2.39. The topological polar surface area (TPSA) is 141 Å². The summed E-state index contributed by atoms with van der Waals surface area (Å²) in [4.78, 5) is 33.0. The van der Waals surface area contributed by atoms with E-state index in [4.69, 9.17) is 19.4 Å². The number of rotatable bonds is 7. The van der Waals surface area contributed by atoms with Gasteiger partial charge in [0.1, 0.15) is 30.4 Å². The molecule has 6 heterocycles. The molecule has 0 bridgehead atoms. The molecule has 13 nitrogen and oxygen atoms in total. The minimum Gasteiger partial charge on any atom is -0.474 e. The molecule has 5 aromatic rings. The number of aromatic nitrogens is 8. The minimum atomic E-state index is 0.0553. The van der Waals surface area contributed by atoms with Gasteiger partial charge in [-0.25, -0.2) is 24.9 Å². The second-order valence-corrected chi connectivity index (χ2v) is 14.2. The first kappa shape index (κ1) is 34.9. The van der Waals surface area contributed by atoms with Crippen LogP contribution in [0.5, 0.6) is 11.8 Å². The summed E-state index contributed by atoms with van der Waals surface area (Å²) in [5, 5.41) is 6.90. The predicted molar refractivity (Wildman–Crippen MR) is 195 cm³/mol. The van der Waals surface area contributed by atoms with Crippen molar-refractivity contribution in [2.24, 2.45) is 7.05 Å². The van der Waals surface area contributed by atoms with Crippen molar-refractivity contribution in [2.45, 2.75) is 84.8 Å². The number of nitrogens with zero attached hydrogens (tertiary/aromatic N) is 9. The van der Waals surface area contributed by atoms with Crippen LogP contribution in [-0.2, 0) is 12.5 Å². The van der Waals surface area contributed by atoms with Crippen LogP contribution >= 0.6 is 0 Å². The summed E-state index contributed by atoms with van der Waals surface area (Å²) in [6.45, 7) is 16.3. The number of imidazole rings is 1. The first-order chi connectivity index (χ1) is 24.0. The van der Waals surface area contributed by atoms with Crippen LogP contribution in [0.3, 0.4) is 0 Å². The van der Waals surface area contributed by atoms with Gasteiger partial charge in [-0.05, 0) is 69.3 Å². The molecule has 50 heavy (non-hydrogen) atoms. The van der Waals surface area contributed by atoms with Crippen LogP contribution in [0.2, 0.25) is 0 Å². The van der Waals surface area contributed by atoms with Crippen LogP contribution < -0.4 is 25.0 Å². The monoisotopic (exact) mass is 679 g/mol. The summed E-state index contributed by atoms with van der Waals surface area (Å²) in [5.74, 6) is 2.78. The van der Waals surface area contributed by atoms with Gasteiger partial charge in [0.25, 0.3) is 0 Å². The van der Waals surface area contributed by atoms with Gasteiger partial charge in [0.2, 0.25) is 17.7 Å². The highest BCUT2D eigenvalue weighted by Gasteiger charge is 2.25. The van der Waals surface area contributed by atoms with E-state index in [1.165, 1.54) is 5.56 Å². The SMILES string of the molecule is Cc1cc(OC2CCN(c3nc(Nc4cc(C(C)(C)C)ccc4C)c4c(ncn4C)n3)CC2)ncn1.Cc1cc(OC2CCNCC2)ncn1. The fraction of sp³-hybridized carbons (Fsp3) is 0.486. The number of hydrogen-bond acceptors (Lipinski definition) is 12. The Morgan fingerprint density at radius 3 is 2.00 bits per heavy atom. The van der Waals surface area contributed by atoms with Crippen molar-refractivity contribution in [1.82, 2.24) is 44.8 Å². The van der Waals surface area contributed by atoms with Gasteiger partial charge in [-0.1, -0.05) is 32.9 Å². The molecule has 13 heteroatoms. The summed E-state index contributed by atoms with van der Waals surface area (Å²) >= 11 is 0. The van der Waals surface area contributed by atoms with E-state index in [9.17, 15) is 0 Å². The second kappa shape index (κ2) is 15.3. The van der Waals surface area contributed by atoms with Crippen LogP contribution in [0.15, 0.2) is 49.3 Å². The van der Waals surface area contributed by atoms with Crippen molar-refractivity contribution in [3.05, 3.63) is 71.8 Å². The van der Waals surface area contributed by atoms with E-state index in [0.29, 0.717) is 29.5 Å². The number of anilines is 3. The molecular formula is C37H49N11O2. The van der Waals surface area contributed by atoms with E-state index in [-0.39, 0.29) is 11.5 Å². The van der Waals surface area contributed by atoms with Crippen LogP contribution in [-0.4, -0.2) is 77.8 Å². The van der Waals surface area contributed by atoms with E-state index in [2.05, 4.69) is 86.3 Å². The number of piperidine rings is 2. The molecule has 0 saturated carbocycles. The third-order valence-electron chi connectivity index (χ3n) is 9.06. The van der Waals surface area contributed by atoms with Crippen molar-refractivity contribution in [2.75, 3.05) is 36.4 Å². The van der Waals surface area contributed by atoms with Gasteiger partial charge in [-0.3, -0.25) is 0 Å². The molecule has 2 fully saturated rings. The molecule has 0 radical (unpaired) electrons. The quantitative estimate of drug-likeness (QED) is 0.216. The van der Waals surface area contributed by atoms with Gasteiger partial charge in [0, 0.05) is 62.2 Å². The average molecular weight is 680 g/mol. The zero-order valence-corrected chi connectivity index (χ0v) is 30.3. The predicted octanol–water partition coefficient (Wildman–Crippen LogP) is 5.77. The average Bonchev–Trinajstić information content (AvgIpc) is 3.47. The first-order valence-electron chi connectivity index (χ1n) is 17.5. The number of aryl methyl sites for hydroxylation is 4. The number of nitrogens with one attached hydrogen (secondary N) is 2. The minimum absolute atomic E-state index is 0.0553. The Kier molecular flexibility index (Phi) is 10.7. The van der Waals surface area contributed by atoms with E-state index < -0.39 is 0 Å². The zero-order valence-electron chi connectivity index (χ0n) is 30.3. The fourth-order valence-corrected chi connectivity index (χ4v) is 6.04. The van der Waals surface area contributed by atoms with Crippen LogP contribution in [0.25, 0.3) is 11.2 Å². The zero-order chi connectivity index (χ0) is 35.3. The number of fused-ring (bicyclic) bond motifs is 1. The number of hydrogen-bond donors (Lipinski definition) is 2. The Balaban J connectivity index is 0.000000257. The molecule has 0 aliphatic carbocycles. The molecule has 2 N–H and O–H groups in total. The van der Waals surface area contributed by atoms with Gasteiger partial charge < -0.3 is 29.6 Å². The summed E-state index contributed by atoms with van der Waals surface area (Å²) in [6.07, 6.45) is 9.14. The number of benzene rings is 1. The lowest BCUT2D eigenvalue weighted by molar-refractivity contribution is 0.155. The Morgan fingerprint density at radius 2 is 1.40 bits per heavy atom. The smallest absolute Gasteiger partial charge is 0.229 e. The standard InChI is InChI=1S/C27H34N8O.C10H15N3O/c1-17-7-8-19(27(3,4)5)14-21(17)31-25-23-24(30-16-34(23)6)32-26(33-25)35-11-9-20(10-12-35)36-22-13-18(2)28-15-29-22;1-8-6-10(13-7-12-8)14-9-2-4-11-5-3-9/h7-8,13-16,20H,9-12H2,1-6H3,(H,31,32,33);6-7,9,11H,2-5H2,1H3. The molecule has 0 atom stereocenters. The van der Waals surface area contributed by atoms with Gasteiger partial charge in [-0.2, -0.15) is 9.97 Å². The highest BCUT2D eigenvalue weighted by atomic mass is 16.5. The maximum Gasteiger partial charge on any atom is 0.229 e. The van der Waals surface area contributed by atoms with E-state index >= 15 is 0 Å². The lowest BCUT2D eigenvalue weighted by Gasteiger charge is -2.32. The Labute approximate surface area is 294 Å². The molecule has 0 amide bonds. The van der Waals surface area contributed by atoms with Crippen molar-refractivity contribution < 1.29 is 9.47 Å². The van der Waals surface area contributed by atoms with Gasteiger partial charge >= 0.3 is 0 Å². The summed E-state index contributed by atoms with van der Waals surface area (Å²) in [6, 6.07) is 10.3. The summed E-state index contributed by atoms with van der Waals surface area (Å²) in [5.41, 5.74) is 6.95. The second-order valence-electron chi connectivity index (χ2n) is 14.2. The fourth-order valence-electron chi connectivity index (χ4n) is 6.04. The number of ether oxygens (including phenoxy) is 2. The molecule has 7 rings (SSSR count). The third-order valence-corrected chi connectivity index (χ3v) is 9.06. The largest absolute Gasteiger partial charge is 0.474 e. The normalized spacial score (nSPS) is 15.8. The van der Waals surface area contributed by atoms with Crippen molar-refractivity contribution >= 4 is 28.6 Å². The van der Waals surface area contributed by atoms with E-state index in [0.717, 1.165) is 85.8 Å². The summed E-state index contributed by atoms with van der Waals surface area (Å²) in [7, 11) is 1.97. The third kappa shape index (κ3) is 8.81. The molecule has 0 unspecified atom stereocenters.